The summed E-state index contributed by atoms with van der Waals surface area (Å²) in [7, 11) is 1.69. The average Bonchev–Trinajstić information content (AvgIpc) is 2.45. The lowest BCUT2D eigenvalue weighted by Gasteiger charge is -2.36. The Morgan fingerprint density at radius 2 is 2.27 bits per heavy atom. The maximum atomic E-state index is 13.2. The molecule has 0 aliphatic carbocycles. The van der Waals surface area contributed by atoms with Crippen molar-refractivity contribution in [3.05, 3.63) is 35.6 Å². The van der Waals surface area contributed by atoms with E-state index in [9.17, 15) is 9.50 Å². The van der Waals surface area contributed by atoms with Crippen LogP contribution in [0.15, 0.2) is 24.3 Å². The van der Waals surface area contributed by atoms with Crippen molar-refractivity contribution in [2.45, 2.75) is 31.5 Å². The summed E-state index contributed by atoms with van der Waals surface area (Å²) in [5.74, 6) is -0.206. The molecule has 0 unspecified atom stereocenters. The Hall–Kier alpha value is -0.720. The number of likely N-dealkylation sites (tertiary alicyclic amines) is 1. The molecule has 0 spiro atoms. The first kappa shape index (κ1) is 19.3. The number of ether oxygens (including phenoxy) is 1. The molecule has 2 rings (SSSR count). The van der Waals surface area contributed by atoms with Crippen molar-refractivity contribution in [3.8, 4) is 0 Å². The van der Waals surface area contributed by atoms with Gasteiger partial charge in [-0.1, -0.05) is 12.1 Å². The molecule has 1 aromatic rings. The highest BCUT2D eigenvalue weighted by atomic mass is 35.5. The zero-order valence-corrected chi connectivity index (χ0v) is 13.8. The summed E-state index contributed by atoms with van der Waals surface area (Å²) >= 11 is 0. The van der Waals surface area contributed by atoms with Gasteiger partial charge in [0.25, 0.3) is 0 Å². The standard InChI is InChI=1S/C16H25FN2O2.ClH/c1-21-9-3-7-18-15-6-8-19(12-16(15)20)11-13-4-2-5-14(17)10-13;/h2,4-5,10,15-16,18,20H,3,6-9,11-12H2,1H3;1H/t15-,16-;/m1./s1. The zero-order chi connectivity index (χ0) is 15.1. The SMILES string of the molecule is COCCCN[C@@H]1CCN(Cc2cccc(F)c2)C[C@H]1O.Cl. The van der Waals surface area contributed by atoms with Crippen LogP contribution < -0.4 is 5.32 Å². The van der Waals surface area contributed by atoms with E-state index in [1.807, 2.05) is 6.07 Å². The third-order valence-electron chi connectivity index (χ3n) is 3.89. The smallest absolute Gasteiger partial charge is 0.123 e. The zero-order valence-electron chi connectivity index (χ0n) is 13.0. The minimum atomic E-state index is -0.380. The summed E-state index contributed by atoms with van der Waals surface area (Å²) in [5, 5.41) is 13.6. The molecule has 2 N–H and O–H groups in total. The lowest BCUT2D eigenvalue weighted by molar-refractivity contribution is 0.0364. The number of halogens is 2. The number of nitrogens with zero attached hydrogens (tertiary/aromatic N) is 1. The van der Waals surface area contributed by atoms with E-state index in [4.69, 9.17) is 4.74 Å². The number of rotatable bonds is 7. The summed E-state index contributed by atoms with van der Waals surface area (Å²) in [6, 6.07) is 6.80. The van der Waals surface area contributed by atoms with Gasteiger partial charge >= 0.3 is 0 Å². The number of methoxy groups -OCH3 is 1. The maximum absolute atomic E-state index is 13.2. The normalized spacial score (nSPS) is 22.3. The molecule has 126 valence electrons. The third-order valence-corrected chi connectivity index (χ3v) is 3.89. The Morgan fingerprint density at radius 3 is 2.95 bits per heavy atom. The number of benzene rings is 1. The molecule has 2 atom stereocenters. The molecular weight excluding hydrogens is 307 g/mol. The number of aliphatic hydroxyl groups excluding tert-OH is 1. The predicted octanol–water partition coefficient (Wildman–Crippen LogP) is 1.81. The molecule has 1 fully saturated rings. The van der Waals surface area contributed by atoms with Gasteiger partial charge in [-0.2, -0.15) is 0 Å². The van der Waals surface area contributed by atoms with Crippen LogP contribution in [0.1, 0.15) is 18.4 Å². The molecule has 22 heavy (non-hydrogen) atoms. The molecule has 1 heterocycles. The number of hydrogen-bond donors (Lipinski definition) is 2. The highest BCUT2D eigenvalue weighted by Gasteiger charge is 2.26. The largest absolute Gasteiger partial charge is 0.390 e. The Bertz CT molecular complexity index is 436. The van der Waals surface area contributed by atoms with Crippen molar-refractivity contribution in [1.29, 1.82) is 0 Å². The molecule has 0 aromatic heterocycles. The van der Waals surface area contributed by atoms with Crippen LogP contribution in [0, 0.1) is 5.82 Å². The second kappa shape index (κ2) is 10.1. The van der Waals surface area contributed by atoms with Gasteiger partial charge in [0, 0.05) is 39.4 Å². The van der Waals surface area contributed by atoms with Gasteiger partial charge in [0.2, 0.25) is 0 Å². The lowest BCUT2D eigenvalue weighted by Crippen LogP contribution is -2.52. The predicted molar refractivity (Wildman–Crippen MR) is 87.8 cm³/mol. The molecule has 0 saturated carbocycles. The van der Waals surface area contributed by atoms with Crippen LogP contribution in [-0.4, -0.2) is 55.5 Å². The first-order valence-corrected chi connectivity index (χ1v) is 7.56. The van der Waals surface area contributed by atoms with E-state index in [-0.39, 0.29) is 30.4 Å². The molecule has 0 bridgehead atoms. The second-order valence-electron chi connectivity index (χ2n) is 5.63. The number of aliphatic hydroxyl groups is 1. The van der Waals surface area contributed by atoms with Crippen molar-refractivity contribution in [3.63, 3.8) is 0 Å². The van der Waals surface area contributed by atoms with Crippen LogP contribution in [0.4, 0.5) is 4.39 Å². The number of hydrogen-bond acceptors (Lipinski definition) is 4. The molecule has 1 aromatic carbocycles. The molecular formula is C16H26ClFN2O2. The van der Waals surface area contributed by atoms with Gasteiger partial charge in [-0.25, -0.2) is 4.39 Å². The van der Waals surface area contributed by atoms with E-state index in [1.54, 1.807) is 19.2 Å². The van der Waals surface area contributed by atoms with E-state index < -0.39 is 0 Å². The van der Waals surface area contributed by atoms with Gasteiger partial charge in [0.15, 0.2) is 0 Å². The summed E-state index contributed by atoms with van der Waals surface area (Å²) < 4.78 is 18.2. The minimum Gasteiger partial charge on any atom is -0.390 e. The van der Waals surface area contributed by atoms with Gasteiger partial charge in [-0.15, -0.1) is 12.4 Å². The second-order valence-corrected chi connectivity index (χ2v) is 5.63. The average molecular weight is 333 g/mol. The van der Waals surface area contributed by atoms with Crippen LogP contribution in [-0.2, 0) is 11.3 Å². The molecule has 1 saturated heterocycles. The third kappa shape index (κ3) is 6.18. The van der Waals surface area contributed by atoms with E-state index in [1.165, 1.54) is 6.07 Å². The fourth-order valence-corrected chi connectivity index (χ4v) is 2.78. The Kier molecular flexibility index (Phi) is 8.90. The summed E-state index contributed by atoms with van der Waals surface area (Å²) in [6.45, 7) is 3.82. The van der Waals surface area contributed by atoms with Gasteiger partial charge in [-0.05, 0) is 37.1 Å². The lowest BCUT2D eigenvalue weighted by atomic mass is 10.0. The van der Waals surface area contributed by atoms with E-state index in [0.717, 1.165) is 38.1 Å². The molecule has 6 heteroatoms. The van der Waals surface area contributed by atoms with Gasteiger partial charge in [0.05, 0.1) is 6.10 Å². The Labute approximate surface area is 138 Å². The van der Waals surface area contributed by atoms with Gasteiger partial charge in [-0.3, -0.25) is 4.90 Å². The van der Waals surface area contributed by atoms with Crippen LogP contribution in [0.5, 0.6) is 0 Å². The van der Waals surface area contributed by atoms with Crippen molar-refractivity contribution in [2.24, 2.45) is 0 Å². The van der Waals surface area contributed by atoms with Crippen LogP contribution >= 0.6 is 12.4 Å². The van der Waals surface area contributed by atoms with Crippen LogP contribution in [0.2, 0.25) is 0 Å². The highest BCUT2D eigenvalue weighted by molar-refractivity contribution is 5.85. The number of β-amino-alcohol motifs (C(OH)–C–C–N with tert-alkyl or cyclic N) is 1. The fraction of sp³-hybridized carbons (Fsp3) is 0.625. The van der Waals surface area contributed by atoms with Gasteiger partial charge in [0.1, 0.15) is 5.82 Å². The van der Waals surface area contributed by atoms with E-state index in [2.05, 4.69) is 10.2 Å². The first-order chi connectivity index (χ1) is 10.2. The highest BCUT2D eigenvalue weighted by Crippen LogP contribution is 2.15. The number of nitrogens with one attached hydrogen (secondary N) is 1. The van der Waals surface area contributed by atoms with E-state index in [0.29, 0.717) is 13.1 Å². The van der Waals surface area contributed by atoms with Crippen LogP contribution in [0.25, 0.3) is 0 Å². The number of piperidine rings is 1. The summed E-state index contributed by atoms with van der Waals surface area (Å²) in [5.41, 5.74) is 0.953. The molecule has 1 aliphatic rings. The monoisotopic (exact) mass is 332 g/mol. The molecule has 4 nitrogen and oxygen atoms in total. The first-order valence-electron chi connectivity index (χ1n) is 7.56. The Morgan fingerprint density at radius 1 is 1.45 bits per heavy atom. The van der Waals surface area contributed by atoms with Crippen molar-refractivity contribution >= 4 is 12.4 Å². The Balaban J connectivity index is 0.00000242. The molecule has 1 aliphatic heterocycles. The topological polar surface area (TPSA) is 44.7 Å². The summed E-state index contributed by atoms with van der Waals surface area (Å²) in [4.78, 5) is 2.17. The maximum Gasteiger partial charge on any atom is 0.123 e. The molecule has 0 radical (unpaired) electrons. The van der Waals surface area contributed by atoms with Crippen molar-refractivity contribution in [1.82, 2.24) is 10.2 Å². The summed E-state index contributed by atoms with van der Waals surface area (Å²) in [6.07, 6.45) is 1.48. The van der Waals surface area contributed by atoms with E-state index >= 15 is 0 Å². The van der Waals surface area contributed by atoms with Crippen molar-refractivity contribution in [2.75, 3.05) is 33.4 Å². The van der Waals surface area contributed by atoms with Gasteiger partial charge < -0.3 is 15.2 Å². The van der Waals surface area contributed by atoms with Crippen molar-refractivity contribution < 1.29 is 14.2 Å². The minimum absolute atomic E-state index is 0. The van der Waals surface area contributed by atoms with Crippen LogP contribution in [0.3, 0.4) is 0 Å². The molecule has 0 amide bonds. The quantitative estimate of drug-likeness (QED) is 0.748. The fourth-order valence-electron chi connectivity index (χ4n) is 2.78.